The molecule has 3 aromatic rings. The summed E-state index contributed by atoms with van der Waals surface area (Å²) in [6, 6.07) is 18.0. The van der Waals surface area contributed by atoms with Crippen molar-refractivity contribution in [2.45, 2.75) is 11.7 Å². The highest BCUT2D eigenvalue weighted by atomic mass is 79.9. The fourth-order valence-electron chi connectivity index (χ4n) is 2.26. The van der Waals surface area contributed by atoms with Crippen LogP contribution in [0.1, 0.15) is 5.56 Å². The highest BCUT2D eigenvalue weighted by molar-refractivity contribution is 9.10. The molecule has 0 aliphatic heterocycles. The third-order valence-corrected chi connectivity index (χ3v) is 4.79. The number of rotatable bonds is 5. The molecule has 1 aromatic heterocycles. The van der Waals surface area contributed by atoms with Gasteiger partial charge in [-0.2, -0.15) is 0 Å². The summed E-state index contributed by atoms with van der Waals surface area (Å²) in [5.74, 6) is 7.83. The van der Waals surface area contributed by atoms with Crippen LogP contribution >= 0.6 is 27.7 Å². The van der Waals surface area contributed by atoms with Crippen LogP contribution in [-0.2, 0) is 6.54 Å². The van der Waals surface area contributed by atoms with Crippen molar-refractivity contribution < 1.29 is 0 Å². The summed E-state index contributed by atoms with van der Waals surface area (Å²) in [7, 11) is 0. The maximum atomic E-state index is 4.35. The van der Waals surface area contributed by atoms with Gasteiger partial charge in [-0.1, -0.05) is 75.9 Å². The molecular formula is C20H16BrN3S. The fourth-order valence-corrected chi connectivity index (χ4v) is 3.22. The van der Waals surface area contributed by atoms with Gasteiger partial charge in [0.05, 0.1) is 5.75 Å². The van der Waals surface area contributed by atoms with Gasteiger partial charge in [0.2, 0.25) is 0 Å². The molecule has 0 unspecified atom stereocenters. The van der Waals surface area contributed by atoms with Crippen molar-refractivity contribution in [1.82, 2.24) is 14.8 Å². The summed E-state index contributed by atoms with van der Waals surface area (Å²) in [5, 5.41) is 9.53. The average Bonchev–Trinajstić information content (AvgIpc) is 3.03. The second-order valence-electron chi connectivity index (χ2n) is 5.17. The molecule has 3 nitrogen and oxygen atoms in total. The van der Waals surface area contributed by atoms with Crippen LogP contribution in [0.25, 0.3) is 11.4 Å². The summed E-state index contributed by atoms with van der Waals surface area (Å²) in [5.41, 5.74) is 2.05. The minimum atomic E-state index is 0.657. The lowest BCUT2D eigenvalue weighted by Gasteiger charge is -2.06. The van der Waals surface area contributed by atoms with Crippen LogP contribution in [-0.4, -0.2) is 20.5 Å². The lowest BCUT2D eigenvalue weighted by Crippen LogP contribution is -2.00. The van der Waals surface area contributed by atoms with Crippen LogP contribution in [0.3, 0.4) is 0 Å². The lowest BCUT2D eigenvalue weighted by molar-refractivity contribution is 0.732. The maximum absolute atomic E-state index is 4.35. The van der Waals surface area contributed by atoms with Crippen LogP contribution in [0.15, 0.2) is 76.9 Å². The molecule has 0 amide bonds. The normalized spacial score (nSPS) is 10.1. The van der Waals surface area contributed by atoms with Gasteiger partial charge in [0.25, 0.3) is 0 Å². The van der Waals surface area contributed by atoms with Crippen molar-refractivity contribution in [1.29, 1.82) is 0 Å². The molecule has 3 rings (SSSR count). The van der Waals surface area contributed by atoms with E-state index >= 15 is 0 Å². The van der Waals surface area contributed by atoms with Gasteiger partial charge in [-0.15, -0.1) is 16.8 Å². The zero-order valence-electron chi connectivity index (χ0n) is 13.5. The number of halogens is 1. The molecule has 5 heteroatoms. The Hall–Kier alpha value is -2.29. The summed E-state index contributed by atoms with van der Waals surface area (Å²) in [6.45, 7) is 4.50. The summed E-state index contributed by atoms with van der Waals surface area (Å²) < 4.78 is 3.10. The number of benzene rings is 2. The molecule has 0 spiro atoms. The summed E-state index contributed by atoms with van der Waals surface area (Å²) in [4.78, 5) is 0. The molecule has 0 radical (unpaired) electrons. The second kappa shape index (κ2) is 8.70. The van der Waals surface area contributed by atoms with E-state index in [-0.39, 0.29) is 0 Å². The molecule has 0 saturated heterocycles. The topological polar surface area (TPSA) is 30.7 Å². The summed E-state index contributed by atoms with van der Waals surface area (Å²) >= 11 is 5.04. The molecule has 0 atom stereocenters. The predicted octanol–water partition coefficient (Wildman–Crippen LogP) is 5.04. The van der Waals surface area contributed by atoms with Gasteiger partial charge < -0.3 is 0 Å². The van der Waals surface area contributed by atoms with Crippen LogP contribution in [0, 0.1) is 11.8 Å². The van der Waals surface area contributed by atoms with E-state index in [0.29, 0.717) is 12.3 Å². The summed E-state index contributed by atoms with van der Waals surface area (Å²) in [6.07, 6.45) is 1.85. The first-order chi connectivity index (χ1) is 12.3. The van der Waals surface area contributed by atoms with E-state index in [1.165, 1.54) is 0 Å². The standard InChI is InChI=1S/C20H16BrN3S/c1-2-14-24-19(17-10-12-18(21)13-11-17)22-23-20(24)25-15-6-9-16-7-4-3-5-8-16/h2-5,7-8,10-13H,1,14-15H2. The highest BCUT2D eigenvalue weighted by Crippen LogP contribution is 2.25. The van der Waals surface area contributed by atoms with Crippen molar-refractivity contribution >= 4 is 27.7 Å². The van der Waals surface area contributed by atoms with E-state index in [9.17, 15) is 0 Å². The van der Waals surface area contributed by atoms with E-state index in [1.54, 1.807) is 11.8 Å². The van der Waals surface area contributed by atoms with Gasteiger partial charge in [-0.3, -0.25) is 4.57 Å². The Labute approximate surface area is 160 Å². The zero-order chi connectivity index (χ0) is 17.5. The van der Waals surface area contributed by atoms with E-state index in [1.807, 2.05) is 60.7 Å². The van der Waals surface area contributed by atoms with E-state index in [2.05, 4.69) is 49.1 Å². The lowest BCUT2D eigenvalue weighted by atomic mass is 10.2. The largest absolute Gasteiger partial charge is 0.298 e. The molecule has 0 aliphatic rings. The van der Waals surface area contributed by atoms with Gasteiger partial charge in [-0.05, 0) is 24.3 Å². The maximum Gasteiger partial charge on any atom is 0.192 e. The van der Waals surface area contributed by atoms with Crippen molar-refractivity contribution in [2.75, 3.05) is 5.75 Å². The van der Waals surface area contributed by atoms with Crippen LogP contribution in [0.2, 0.25) is 0 Å². The Morgan fingerprint density at radius 1 is 1.08 bits per heavy atom. The van der Waals surface area contributed by atoms with Crippen LogP contribution < -0.4 is 0 Å². The number of aromatic nitrogens is 3. The number of allylic oxidation sites excluding steroid dienone is 1. The van der Waals surface area contributed by atoms with Gasteiger partial charge in [-0.25, -0.2) is 0 Å². The Morgan fingerprint density at radius 3 is 2.56 bits per heavy atom. The van der Waals surface area contributed by atoms with E-state index in [4.69, 9.17) is 0 Å². The van der Waals surface area contributed by atoms with Gasteiger partial charge in [0.15, 0.2) is 11.0 Å². The smallest absolute Gasteiger partial charge is 0.192 e. The molecule has 2 aromatic carbocycles. The van der Waals surface area contributed by atoms with Gasteiger partial charge >= 0.3 is 0 Å². The number of nitrogens with zero attached hydrogens (tertiary/aromatic N) is 3. The Kier molecular flexibility index (Phi) is 6.10. The third-order valence-electron chi connectivity index (χ3n) is 3.41. The molecule has 25 heavy (non-hydrogen) atoms. The predicted molar refractivity (Wildman–Crippen MR) is 107 cm³/mol. The van der Waals surface area contributed by atoms with Crippen molar-refractivity contribution in [3.8, 4) is 23.2 Å². The van der Waals surface area contributed by atoms with Gasteiger partial charge in [0.1, 0.15) is 0 Å². The van der Waals surface area contributed by atoms with E-state index in [0.717, 1.165) is 26.6 Å². The Morgan fingerprint density at radius 2 is 1.84 bits per heavy atom. The van der Waals surface area contributed by atoms with Gasteiger partial charge in [0, 0.05) is 22.1 Å². The number of hydrogen-bond acceptors (Lipinski definition) is 3. The molecule has 0 saturated carbocycles. The molecule has 0 fully saturated rings. The Bertz CT molecular complexity index is 906. The molecule has 0 aliphatic carbocycles. The molecular weight excluding hydrogens is 394 g/mol. The highest BCUT2D eigenvalue weighted by Gasteiger charge is 2.12. The third kappa shape index (κ3) is 4.62. The minimum Gasteiger partial charge on any atom is -0.298 e. The molecule has 0 bridgehead atoms. The first-order valence-corrected chi connectivity index (χ1v) is 9.52. The number of thioether (sulfide) groups is 1. The fraction of sp³-hybridized carbons (Fsp3) is 0.100. The Balaban J connectivity index is 1.76. The van der Waals surface area contributed by atoms with Crippen LogP contribution in [0.5, 0.6) is 0 Å². The molecule has 0 N–H and O–H groups in total. The zero-order valence-corrected chi connectivity index (χ0v) is 15.9. The minimum absolute atomic E-state index is 0.657. The van der Waals surface area contributed by atoms with Crippen molar-refractivity contribution in [2.24, 2.45) is 0 Å². The monoisotopic (exact) mass is 409 g/mol. The quantitative estimate of drug-likeness (QED) is 0.336. The first-order valence-electron chi connectivity index (χ1n) is 7.74. The SMILES string of the molecule is C=CCn1c(SCC#Cc2ccccc2)nnc1-c1ccc(Br)cc1. The van der Waals surface area contributed by atoms with Crippen LogP contribution in [0.4, 0.5) is 0 Å². The first kappa shape index (κ1) is 17.5. The number of hydrogen-bond donors (Lipinski definition) is 0. The van der Waals surface area contributed by atoms with Crippen molar-refractivity contribution in [3.63, 3.8) is 0 Å². The second-order valence-corrected chi connectivity index (χ2v) is 7.03. The van der Waals surface area contributed by atoms with E-state index < -0.39 is 0 Å². The average molecular weight is 410 g/mol. The van der Waals surface area contributed by atoms with Crippen molar-refractivity contribution in [3.05, 3.63) is 77.3 Å². The molecule has 1 heterocycles. The molecule has 124 valence electrons.